The van der Waals surface area contributed by atoms with Gasteiger partial charge < -0.3 is 9.64 Å². The molecule has 1 aliphatic rings. The SMILES string of the molecule is CC(C)(C)OC(=O)N1CC[C@H](NS(C)(=O)=O)[C@@H]1Cc1csc(Br)n1. The summed E-state index contributed by atoms with van der Waals surface area (Å²) in [6, 6.07) is -0.684. The Labute approximate surface area is 155 Å². The molecule has 1 saturated heterocycles. The van der Waals surface area contributed by atoms with Crippen LogP contribution in [0.2, 0.25) is 0 Å². The quantitative estimate of drug-likeness (QED) is 0.777. The maximum Gasteiger partial charge on any atom is 0.410 e. The van der Waals surface area contributed by atoms with E-state index in [4.69, 9.17) is 4.74 Å². The fourth-order valence-corrected chi connectivity index (χ4v) is 4.54. The Morgan fingerprint density at radius 2 is 2.21 bits per heavy atom. The number of ether oxygens (including phenoxy) is 1. The van der Waals surface area contributed by atoms with Crippen molar-refractivity contribution in [3.05, 3.63) is 15.0 Å². The van der Waals surface area contributed by atoms with Gasteiger partial charge in [-0.2, -0.15) is 0 Å². The molecule has 136 valence electrons. The molecular weight excluding hydrogens is 418 g/mol. The van der Waals surface area contributed by atoms with Crippen molar-refractivity contribution in [1.82, 2.24) is 14.6 Å². The summed E-state index contributed by atoms with van der Waals surface area (Å²) in [6.07, 6.45) is 1.70. The maximum absolute atomic E-state index is 12.5. The molecule has 24 heavy (non-hydrogen) atoms. The number of rotatable bonds is 4. The summed E-state index contributed by atoms with van der Waals surface area (Å²) >= 11 is 4.77. The Kier molecular flexibility index (Phi) is 5.94. The van der Waals surface area contributed by atoms with Crippen molar-refractivity contribution in [2.45, 2.75) is 51.3 Å². The summed E-state index contributed by atoms with van der Waals surface area (Å²) < 4.78 is 32.1. The number of nitrogens with one attached hydrogen (secondary N) is 1. The Balaban J connectivity index is 2.20. The lowest BCUT2D eigenvalue weighted by Gasteiger charge is -2.30. The molecule has 2 atom stereocenters. The van der Waals surface area contributed by atoms with Crippen molar-refractivity contribution in [1.29, 1.82) is 0 Å². The molecular formula is C14H22BrN3O4S2. The van der Waals surface area contributed by atoms with E-state index < -0.39 is 21.7 Å². The van der Waals surface area contributed by atoms with Crippen molar-refractivity contribution >= 4 is 43.4 Å². The van der Waals surface area contributed by atoms with E-state index in [1.165, 1.54) is 11.3 Å². The normalized spacial score (nSPS) is 22.0. The lowest BCUT2D eigenvalue weighted by atomic mass is 10.1. The van der Waals surface area contributed by atoms with Crippen LogP contribution in [0.5, 0.6) is 0 Å². The number of carbonyl (C=O) groups is 1. The van der Waals surface area contributed by atoms with E-state index in [9.17, 15) is 13.2 Å². The number of hydrogen-bond donors (Lipinski definition) is 1. The first-order valence-electron chi connectivity index (χ1n) is 7.51. The zero-order valence-corrected chi connectivity index (χ0v) is 17.3. The molecule has 1 aromatic heterocycles. The molecule has 1 aliphatic heterocycles. The topological polar surface area (TPSA) is 88.6 Å². The fourth-order valence-electron chi connectivity index (χ4n) is 2.66. The van der Waals surface area contributed by atoms with E-state index in [1.807, 2.05) is 5.38 Å². The number of halogens is 1. The predicted octanol–water partition coefficient (Wildman–Crippen LogP) is 2.38. The summed E-state index contributed by atoms with van der Waals surface area (Å²) in [4.78, 5) is 18.4. The van der Waals surface area contributed by atoms with Crippen molar-refractivity contribution in [2.24, 2.45) is 0 Å². The number of carbonyl (C=O) groups excluding carboxylic acids is 1. The van der Waals surface area contributed by atoms with Crippen LogP contribution >= 0.6 is 27.3 Å². The van der Waals surface area contributed by atoms with Gasteiger partial charge in [-0.1, -0.05) is 0 Å². The largest absolute Gasteiger partial charge is 0.444 e. The smallest absolute Gasteiger partial charge is 0.410 e. The minimum Gasteiger partial charge on any atom is -0.444 e. The van der Waals surface area contributed by atoms with E-state index in [0.29, 0.717) is 19.4 Å². The fraction of sp³-hybridized carbons (Fsp3) is 0.714. The first-order valence-corrected chi connectivity index (χ1v) is 11.1. The predicted molar refractivity (Wildman–Crippen MR) is 96.6 cm³/mol. The van der Waals surface area contributed by atoms with Crippen molar-refractivity contribution in [2.75, 3.05) is 12.8 Å². The lowest BCUT2D eigenvalue weighted by Crippen LogP contribution is -2.48. The molecule has 0 spiro atoms. The minimum absolute atomic E-state index is 0.330. The molecule has 0 radical (unpaired) electrons. The number of thiazole rings is 1. The summed E-state index contributed by atoms with van der Waals surface area (Å²) in [5, 5.41) is 1.90. The van der Waals surface area contributed by atoms with Crippen LogP contribution in [0.1, 0.15) is 32.9 Å². The van der Waals surface area contributed by atoms with Crippen LogP contribution in [0, 0.1) is 0 Å². The van der Waals surface area contributed by atoms with Gasteiger partial charge in [-0.3, -0.25) is 0 Å². The average Bonchev–Trinajstić information content (AvgIpc) is 2.94. The second-order valence-corrected chi connectivity index (χ2v) is 10.7. The maximum atomic E-state index is 12.5. The first kappa shape index (κ1) is 19.6. The van der Waals surface area contributed by atoms with E-state index in [0.717, 1.165) is 15.9 Å². The Hall–Kier alpha value is -0.710. The summed E-state index contributed by atoms with van der Waals surface area (Å²) in [6.45, 7) is 5.86. The number of hydrogen-bond acceptors (Lipinski definition) is 6. The third kappa shape index (κ3) is 5.68. The molecule has 1 amide bonds. The molecule has 2 rings (SSSR count). The number of amides is 1. The van der Waals surface area contributed by atoms with E-state index >= 15 is 0 Å². The minimum atomic E-state index is -3.37. The molecule has 0 unspecified atom stereocenters. The molecule has 1 aromatic rings. The standard InChI is InChI=1S/C14H22BrN3O4S2/c1-14(2,3)22-13(19)18-6-5-10(17-24(4,20)21)11(18)7-9-8-23-12(15)16-9/h8,10-11,17H,5-7H2,1-4H3/t10-,11-/m0/s1. The van der Waals surface area contributed by atoms with Crippen molar-refractivity contribution < 1.29 is 17.9 Å². The summed E-state index contributed by atoms with van der Waals surface area (Å²) in [7, 11) is -3.37. The highest BCUT2D eigenvalue weighted by Gasteiger charge is 2.40. The molecule has 2 heterocycles. The second-order valence-electron chi connectivity index (χ2n) is 6.82. The lowest BCUT2D eigenvalue weighted by molar-refractivity contribution is 0.0218. The number of aromatic nitrogens is 1. The Morgan fingerprint density at radius 1 is 1.54 bits per heavy atom. The van der Waals surface area contributed by atoms with E-state index in [1.54, 1.807) is 25.7 Å². The van der Waals surface area contributed by atoms with Crippen LogP contribution in [0.25, 0.3) is 0 Å². The van der Waals surface area contributed by atoms with Gasteiger partial charge in [0.2, 0.25) is 10.0 Å². The molecule has 0 saturated carbocycles. The van der Waals surface area contributed by atoms with Crippen LogP contribution < -0.4 is 4.72 Å². The van der Waals surface area contributed by atoms with Gasteiger partial charge >= 0.3 is 6.09 Å². The van der Waals surface area contributed by atoms with Crippen LogP contribution in [-0.4, -0.2) is 54.9 Å². The highest BCUT2D eigenvalue weighted by atomic mass is 79.9. The summed E-state index contributed by atoms with van der Waals surface area (Å²) in [5.74, 6) is 0. The third-order valence-corrected chi connectivity index (χ3v) is 5.63. The monoisotopic (exact) mass is 439 g/mol. The number of sulfonamides is 1. The van der Waals surface area contributed by atoms with Gasteiger partial charge in [-0.05, 0) is 43.1 Å². The van der Waals surface area contributed by atoms with E-state index in [-0.39, 0.29) is 12.1 Å². The molecule has 0 aromatic carbocycles. The second kappa shape index (κ2) is 7.27. The molecule has 0 bridgehead atoms. The number of nitrogens with zero attached hydrogens (tertiary/aromatic N) is 2. The highest BCUT2D eigenvalue weighted by molar-refractivity contribution is 9.11. The van der Waals surface area contributed by atoms with Crippen LogP contribution in [-0.2, 0) is 21.2 Å². The van der Waals surface area contributed by atoms with Gasteiger partial charge in [-0.15, -0.1) is 11.3 Å². The molecule has 10 heteroatoms. The van der Waals surface area contributed by atoms with Crippen molar-refractivity contribution in [3.63, 3.8) is 0 Å². The van der Waals surface area contributed by atoms with Crippen LogP contribution in [0.3, 0.4) is 0 Å². The zero-order chi connectivity index (χ0) is 18.1. The molecule has 1 fully saturated rings. The zero-order valence-electron chi connectivity index (χ0n) is 14.1. The number of likely N-dealkylation sites (tertiary alicyclic amines) is 1. The Bertz CT molecular complexity index is 699. The third-order valence-electron chi connectivity index (χ3n) is 3.48. The van der Waals surface area contributed by atoms with E-state index in [2.05, 4.69) is 25.6 Å². The highest BCUT2D eigenvalue weighted by Crippen LogP contribution is 2.26. The van der Waals surface area contributed by atoms with Gasteiger partial charge in [0.15, 0.2) is 3.92 Å². The van der Waals surface area contributed by atoms with Crippen LogP contribution in [0.15, 0.2) is 9.30 Å². The van der Waals surface area contributed by atoms with Gasteiger partial charge in [0.25, 0.3) is 0 Å². The average molecular weight is 440 g/mol. The molecule has 0 aliphatic carbocycles. The van der Waals surface area contributed by atoms with Gasteiger partial charge in [-0.25, -0.2) is 22.9 Å². The first-order chi connectivity index (χ1) is 10.9. The molecule has 7 nitrogen and oxygen atoms in total. The molecule has 1 N–H and O–H groups in total. The Morgan fingerprint density at radius 3 is 2.71 bits per heavy atom. The van der Waals surface area contributed by atoms with Gasteiger partial charge in [0.1, 0.15) is 5.60 Å². The van der Waals surface area contributed by atoms with Gasteiger partial charge in [0, 0.05) is 24.4 Å². The summed E-state index contributed by atoms with van der Waals surface area (Å²) in [5.41, 5.74) is 0.209. The van der Waals surface area contributed by atoms with Crippen molar-refractivity contribution in [3.8, 4) is 0 Å². The van der Waals surface area contributed by atoms with Gasteiger partial charge in [0.05, 0.1) is 18.0 Å². The van der Waals surface area contributed by atoms with Crippen LogP contribution in [0.4, 0.5) is 4.79 Å².